The highest BCUT2D eigenvalue weighted by Crippen LogP contribution is 2.39. The minimum atomic E-state index is -0.647. The number of methoxy groups -OCH3 is 1. The predicted molar refractivity (Wildman–Crippen MR) is 148 cm³/mol. The summed E-state index contributed by atoms with van der Waals surface area (Å²) in [5.74, 6) is -1.43. The van der Waals surface area contributed by atoms with Crippen molar-refractivity contribution in [1.82, 2.24) is 25.3 Å². The van der Waals surface area contributed by atoms with Gasteiger partial charge in [-0.2, -0.15) is 10.2 Å². The van der Waals surface area contributed by atoms with E-state index in [0.717, 1.165) is 6.07 Å². The Hall–Kier alpha value is -3.06. The summed E-state index contributed by atoms with van der Waals surface area (Å²) in [4.78, 5) is 32.2. The second-order valence-corrected chi connectivity index (χ2v) is 11.9. The first-order valence-electron chi connectivity index (χ1n) is 14.0. The molecule has 12 heteroatoms. The highest BCUT2D eigenvalue weighted by molar-refractivity contribution is 5.97. The molecule has 0 unspecified atom stereocenters. The average molecular weight is 573 g/mol. The van der Waals surface area contributed by atoms with Crippen LogP contribution in [0.5, 0.6) is 0 Å². The molecule has 3 aliphatic rings. The second kappa shape index (κ2) is 12.0. The van der Waals surface area contributed by atoms with E-state index in [4.69, 9.17) is 9.47 Å². The number of morpholine rings is 1. The Bertz CT molecular complexity index is 1290. The lowest BCUT2D eigenvalue weighted by atomic mass is 9.91. The zero-order chi connectivity index (χ0) is 29.3. The van der Waals surface area contributed by atoms with E-state index in [0.29, 0.717) is 62.0 Å². The van der Waals surface area contributed by atoms with Crippen LogP contribution in [0.25, 0.3) is 0 Å². The lowest BCUT2D eigenvalue weighted by Crippen LogP contribution is -2.62. The second-order valence-electron chi connectivity index (χ2n) is 11.9. The number of fused-ring (bicyclic) bond motifs is 1. The first-order valence-corrected chi connectivity index (χ1v) is 14.0. The van der Waals surface area contributed by atoms with Gasteiger partial charge in [0.15, 0.2) is 0 Å². The van der Waals surface area contributed by atoms with Gasteiger partial charge in [-0.15, -0.1) is 0 Å². The Morgan fingerprint density at radius 2 is 2.02 bits per heavy atom. The number of benzene rings is 1. The van der Waals surface area contributed by atoms with Crippen LogP contribution in [0.1, 0.15) is 37.7 Å². The highest BCUT2D eigenvalue weighted by atomic mass is 19.1. The number of aromatic nitrogens is 2. The summed E-state index contributed by atoms with van der Waals surface area (Å²) in [7, 11) is 1.61. The van der Waals surface area contributed by atoms with Gasteiger partial charge >= 0.3 is 0 Å². The average Bonchev–Trinajstić information content (AvgIpc) is 3.19. The molecule has 4 heterocycles. The number of nitrogens with one attached hydrogen (secondary N) is 1. The van der Waals surface area contributed by atoms with E-state index < -0.39 is 17.0 Å². The van der Waals surface area contributed by atoms with Gasteiger partial charge in [-0.25, -0.2) is 8.78 Å². The number of rotatable bonds is 8. The van der Waals surface area contributed by atoms with Gasteiger partial charge in [0.05, 0.1) is 36.3 Å². The number of ether oxygens (including phenoxy) is 2. The van der Waals surface area contributed by atoms with Gasteiger partial charge in [0.25, 0.3) is 0 Å². The molecule has 5 rings (SSSR count). The summed E-state index contributed by atoms with van der Waals surface area (Å²) in [6, 6.07) is 5.38. The molecule has 41 heavy (non-hydrogen) atoms. The molecule has 1 N–H and O–H groups in total. The number of nitrogens with zero attached hydrogens (tertiary/aromatic N) is 5. The molecule has 10 nitrogen and oxygen atoms in total. The maximum Gasteiger partial charge on any atom is 0.248 e. The normalized spacial score (nSPS) is 24.5. The lowest BCUT2D eigenvalue weighted by molar-refractivity contribution is -0.153. The SMILES string of the molecule is COC[C@@H]1CN(C[C@@H]2CN[C@H](C)CN2CC(=O)N2CC(C)(C)c3nnc(Cc4ccc(F)cc4F)cc32)C(=O)CO1. The number of piperazine rings is 1. The molecule has 222 valence electrons. The zero-order valence-corrected chi connectivity index (χ0v) is 24.0. The highest BCUT2D eigenvalue weighted by Gasteiger charge is 2.41. The maximum absolute atomic E-state index is 14.3. The van der Waals surface area contributed by atoms with Gasteiger partial charge < -0.3 is 24.6 Å². The van der Waals surface area contributed by atoms with Crippen molar-refractivity contribution in [2.45, 2.75) is 50.8 Å². The standard InChI is InChI=1S/C29H38F2N6O4/c1-18-11-35(22(10-32-18)12-36-13-23(15-40-4)41-16-27(36)39)14-26(38)37-17-29(2,3)28-25(37)9-21(33-34-28)7-19-5-6-20(30)8-24(19)31/h5-6,8-9,18,22-23,32H,7,10-17H2,1-4H3/t18-,22+,23+/m1/s1. The lowest BCUT2D eigenvalue weighted by Gasteiger charge is -2.43. The Morgan fingerprint density at radius 3 is 2.78 bits per heavy atom. The Balaban J connectivity index is 1.32. The van der Waals surface area contributed by atoms with Crippen LogP contribution in [0.15, 0.2) is 24.3 Å². The molecule has 2 aromatic rings. The number of halogens is 2. The van der Waals surface area contributed by atoms with Crippen LogP contribution in [-0.2, 0) is 30.9 Å². The third kappa shape index (κ3) is 6.56. The van der Waals surface area contributed by atoms with E-state index in [2.05, 4.69) is 27.3 Å². The number of carbonyl (C=O) groups is 2. The molecule has 2 saturated heterocycles. The van der Waals surface area contributed by atoms with Crippen LogP contribution in [0, 0.1) is 11.6 Å². The Kier molecular flexibility index (Phi) is 8.65. The minimum absolute atomic E-state index is 0.0222. The van der Waals surface area contributed by atoms with Crippen LogP contribution in [0.2, 0.25) is 0 Å². The predicted octanol–water partition coefficient (Wildman–Crippen LogP) is 1.51. The van der Waals surface area contributed by atoms with Gasteiger partial charge in [0.2, 0.25) is 11.8 Å². The summed E-state index contributed by atoms with van der Waals surface area (Å²) < 4.78 is 38.5. The number of carbonyl (C=O) groups excluding carboxylic acids is 2. The quantitative estimate of drug-likeness (QED) is 0.508. The van der Waals surface area contributed by atoms with Gasteiger partial charge in [0, 0.05) is 69.8 Å². The monoisotopic (exact) mass is 572 g/mol. The number of hydrogen-bond acceptors (Lipinski definition) is 8. The molecular weight excluding hydrogens is 534 g/mol. The van der Waals surface area contributed by atoms with Gasteiger partial charge in [-0.05, 0) is 24.6 Å². The maximum atomic E-state index is 14.3. The molecule has 1 aromatic carbocycles. The molecular formula is C29H38F2N6O4. The first kappa shape index (κ1) is 29.4. The van der Waals surface area contributed by atoms with Crippen LogP contribution in [0.4, 0.5) is 14.5 Å². The van der Waals surface area contributed by atoms with E-state index in [1.165, 1.54) is 12.1 Å². The largest absolute Gasteiger partial charge is 0.382 e. The van der Waals surface area contributed by atoms with Crippen molar-refractivity contribution in [2.24, 2.45) is 0 Å². The van der Waals surface area contributed by atoms with E-state index in [9.17, 15) is 18.4 Å². The third-order valence-corrected chi connectivity index (χ3v) is 8.07. The number of amides is 2. The van der Waals surface area contributed by atoms with Crippen molar-refractivity contribution in [1.29, 1.82) is 0 Å². The van der Waals surface area contributed by atoms with Gasteiger partial charge in [-0.1, -0.05) is 19.9 Å². The summed E-state index contributed by atoms with van der Waals surface area (Å²) in [6.07, 6.45) is -0.0468. The number of anilines is 1. The molecule has 2 fully saturated rings. The van der Waals surface area contributed by atoms with Crippen LogP contribution >= 0.6 is 0 Å². The fourth-order valence-electron chi connectivity index (χ4n) is 5.90. The molecule has 3 aliphatic heterocycles. The molecule has 0 saturated carbocycles. The molecule has 2 amide bonds. The molecule has 0 radical (unpaired) electrons. The molecule has 0 aliphatic carbocycles. The molecule has 0 bridgehead atoms. The fraction of sp³-hybridized carbons (Fsp3) is 0.586. The molecule has 0 spiro atoms. The van der Waals surface area contributed by atoms with Crippen molar-refractivity contribution in [3.05, 3.63) is 52.9 Å². The fourth-order valence-corrected chi connectivity index (χ4v) is 5.90. The van der Waals surface area contributed by atoms with Crippen LogP contribution in [0.3, 0.4) is 0 Å². The van der Waals surface area contributed by atoms with Crippen molar-refractivity contribution < 1.29 is 27.8 Å². The van der Waals surface area contributed by atoms with Crippen molar-refractivity contribution >= 4 is 17.5 Å². The van der Waals surface area contributed by atoms with Gasteiger partial charge in [-0.3, -0.25) is 14.5 Å². The van der Waals surface area contributed by atoms with E-state index in [-0.39, 0.29) is 49.6 Å². The van der Waals surface area contributed by atoms with E-state index >= 15 is 0 Å². The zero-order valence-electron chi connectivity index (χ0n) is 24.0. The Labute approximate surface area is 239 Å². The smallest absolute Gasteiger partial charge is 0.248 e. The molecule has 3 atom stereocenters. The van der Waals surface area contributed by atoms with Crippen LogP contribution < -0.4 is 10.2 Å². The van der Waals surface area contributed by atoms with Crippen molar-refractivity contribution in [3.63, 3.8) is 0 Å². The summed E-state index contributed by atoms with van der Waals surface area (Å²) in [6.45, 7) is 9.40. The number of hydrogen-bond donors (Lipinski definition) is 1. The molecule has 1 aromatic heterocycles. The third-order valence-electron chi connectivity index (χ3n) is 8.07. The first-order chi connectivity index (χ1) is 19.5. The summed E-state index contributed by atoms with van der Waals surface area (Å²) in [5.41, 5.74) is 1.76. The van der Waals surface area contributed by atoms with E-state index in [1.54, 1.807) is 23.0 Å². The van der Waals surface area contributed by atoms with Crippen molar-refractivity contribution in [2.75, 3.05) is 64.5 Å². The van der Waals surface area contributed by atoms with E-state index in [1.807, 2.05) is 13.8 Å². The topological polar surface area (TPSA) is 100 Å². The minimum Gasteiger partial charge on any atom is -0.382 e. The summed E-state index contributed by atoms with van der Waals surface area (Å²) >= 11 is 0. The van der Waals surface area contributed by atoms with Crippen molar-refractivity contribution in [3.8, 4) is 0 Å². The van der Waals surface area contributed by atoms with Crippen LogP contribution in [-0.4, -0.2) is 110 Å². The van der Waals surface area contributed by atoms with Gasteiger partial charge in [0.1, 0.15) is 18.2 Å². The Morgan fingerprint density at radius 1 is 1.22 bits per heavy atom. The summed E-state index contributed by atoms with van der Waals surface area (Å²) in [5, 5.41) is 12.2.